The number of phenolic OH excluding ortho intramolecular Hbond substituents is 1. The number of rotatable bonds is 4. The number of esters is 1. The first-order chi connectivity index (χ1) is 12.1. The molecule has 1 aromatic carbocycles. The summed E-state index contributed by atoms with van der Waals surface area (Å²) in [5.74, 6) is -0.614. The molecular formula is C20H23NO4. The Hall–Kier alpha value is -2.56. The second-order valence-electron chi connectivity index (χ2n) is 6.28. The number of ketones is 1. The molecule has 1 aliphatic carbocycles. The summed E-state index contributed by atoms with van der Waals surface area (Å²) in [6, 6.07) is 6.70. The number of carbonyl (C=O) groups is 2. The van der Waals surface area contributed by atoms with E-state index in [9.17, 15) is 14.7 Å². The first kappa shape index (κ1) is 17.3. The summed E-state index contributed by atoms with van der Waals surface area (Å²) in [7, 11) is 0. The Morgan fingerprint density at radius 2 is 1.96 bits per heavy atom. The molecule has 3 rings (SSSR count). The van der Waals surface area contributed by atoms with Crippen molar-refractivity contribution in [1.82, 2.24) is 5.32 Å². The van der Waals surface area contributed by atoms with Gasteiger partial charge in [-0.05, 0) is 43.9 Å². The summed E-state index contributed by atoms with van der Waals surface area (Å²) < 4.78 is 5.28. The minimum absolute atomic E-state index is 0.0729. The Morgan fingerprint density at radius 3 is 2.60 bits per heavy atom. The van der Waals surface area contributed by atoms with Crippen molar-refractivity contribution in [3.8, 4) is 5.75 Å². The molecule has 0 radical (unpaired) electrons. The van der Waals surface area contributed by atoms with Gasteiger partial charge in [0, 0.05) is 29.3 Å². The van der Waals surface area contributed by atoms with Gasteiger partial charge in [0.15, 0.2) is 5.78 Å². The van der Waals surface area contributed by atoms with E-state index in [-0.39, 0.29) is 18.1 Å². The van der Waals surface area contributed by atoms with E-state index in [1.54, 1.807) is 31.2 Å². The van der Waals surface area contributed by atoms with Crippen molar-refractivity contribution < 1.29 is 19.4 Å². The van der Waals surface area contributed by atoms with Gasteiger partial charge in [0.05, 0.1) is 12.2 Å². The number of aromatic hydroxyl groups is 1. The zero-order valence-electron chi connectivity index (χ0n) is 14.6. The number of dihydropyridines is 1. The van der Waals surface area contributed by atoms with Crippen LogP contribution in [-0.4, -0.2) is 23.5 Å². The second kappa shape index (κ2) is 7.13. The van der Waals surface area contributed by atoms with Gasteiger partial charge in [-0.1, -0.05) is 19.1 Å². The van der Waals surface area contributed by atoms with Crippen LogP contribution in [0.25, 0.3) is 0 Å². The SMILES string of the molecule is CCOC(=O)C1=C(CC)NC2=C(C(=O)CCC2)C1c1ccc(O)cc1. The molecule has 1 unspecified atom stereocenters. The number of carbonyl (C=O) groups excluding carboxylic acids is 2. The topological polar surface area (TPSA) is 75.6 Å². The molecule has 0 saturated heterocycles. The number of benzene rings is 1. The molecule has 1 aromatic rings. The number of nitrogens with one attached hydrogen (secondary N) is 1. The number of phenols is 1. The molecule has 0 aromatic heterocycles. The first-order valence-corrected chi connectivity index (χ1v) is 8.79. The van der Waals surface area contributed by atoms with E-state index in [1.807, 2.05) is 6.92 Å². The Morgan fingerprint density at radius 1 is 1.24 bits per heavy atom. The summed E-state index contributed by atoms with van der Waals surface area (Å²) >= 11 is 0. The van der Waals surface area contributed by atoms with Crippen molar-refractivity contribution >= 4 is 11.8 Å². The molecule has 0 saturated carbocycles. The Kier molecular flexibility index (Phi) is 4.93. The number of hydrogen-bond donors (Lipinski definition) is 2. The van der Waals surface area contributed by atoms with Crippen molar-refractivity contribution in [2.45, 2.75) is 45.4 Å². The lowest BCUT2D eigenvalue weighted by Crippen LogP contribution is -2.35. The van der Waals surface area contributed by atoms with Crippen molar-refractivity contribution in [2.75, 3.05) is 6.61 Å². The predicted molar refractivity (Wildman–Crippen MR) is 93.8 cm³/mol. The molecule has 2 N–H and O–H groups in total. The van der Waals surface area contributed by atoms with Gasteiger partial charge in [0.25, 0.3) is 0 Å². The predicted octanol–water partition coefficient (Wildman–Crippen LogP) is 3.31. The molecule has 0 amide bonds. The zero-order valence-corrected chi connectivity index (χ0v) is 14.6. The Balaban J connectivity index is 2.18. The third kappa shape index (κ3) is 3.18. The highest BCUT2D eigenvalue weighted by Gasteiger charge is 2.39. The summed E-state index contributed by atoms with van der Waals surface area (Å²) in [5.41, 5.74) is 3.71. The molecule has 132 valence electrons. The molecule has 1 heterocycles. The molecule has 0 bridgehead atoms. The maximum absolute atomic E-state index is 12.7. The molecule has 5 nitrogen and oxygen atoms in total. The van der Waals surface area contributed by atoms with Crippen LogP contribution in [0.15, 0.2) is 46.8 Å². The fourth-order valence-electron chi connectivity index (χ4n) is 3.63. The summed E-state index contributed by atoms with van der Waals surface area (Å²) in [4.78, 5) is 25.4. The van der Waals surface area contributed by atoms with Crippen LogP contribution >= 0.6 is 0 Å². The van der Waals surface area contributed by atoms with Crippen LogP contribution in [0.1, 0.15) is 51.0 Å². The van der Waals surface area contributed by atoms with Crippen LogP contribution in [0.3, 0.4) is 0 Å². The van der Waals surface area contributed by atoms with Gasteiger partial charge in [0.2, 0.25) is 0 Å². The lowest BCUT2D eigenvalue weighted by molar-refractivity contribution is -0.138. The standard InChI is InChI=1S/C20H23NO4/c1-3-14-19(20(24)25-4-2)17(12-8-10-13(22)11-9-12)18-15(21-14)6-5-7-16(18)23/h8-11,17,21-22H,3-7H2,1-2H3. The van der Waals surface area contributed by atoms with Crippen molar-refractivity contribution in [1.29, 1.82) is 0 Å². The fraction of sp³-hybridized carbons (Fsp3) is 0.400. The maximum atomic E-state index is 12.7. The van der Waals surface area contributed by atoms with Gasteiger partial charge in [-0.15, -0.1) is 0 Å². The minimum Gasteiger partial charge on any atom is -0.508 e. The number of hydrogen-bond acceptors (Lipinski definition) is 5. The van der Waals surface area contributed by atoms with Crippen LogP contribution in [0, 0.1) is 0 Å². The average Bonchev–Trinajstić information content (AvgIpc) is 2.61. The molecule has 0 spiro atoms. The first-order valence-electron chi connectivity index (χ1n) is 8.79. The van der Waals surface area contributed by atoms with Crippen LogP contribution in [0.4, 0.5) is 0 Å². The largest absolute Gasteiger partial charge is 0.508 e. The van der Waals surface area contributed by atoms with Crippen molar-refractivity contribution in [3.05, 3.63) is 52.4 Å². The molecule has 25 heavy (non-hydrogen) atoms. The third-order valence-corrected chi connectivity index (χ3v) is 4.74. The lowest BCUT2D eigenvalue weighted by atomic mass is 9.75. The molecule has 0 fully saturated rings. The maximum Gasteiger partial charge on any atom is 0.336 e. The van der Waals surface area contributed by atoms with Crippen LogP contribution in [0.2, 0.25) is 0 Å². The van der Waals surface area contributed by atoms with Gasteiger partial charge < -0.3 is 15.2 Å². The normalized spacial score (nSPS) is 20.2. The third-order valence-electron chi connectivity index (χ3n) is 4.74. The molecule has 2 aliphatic rings. The summed E-state index contributed by atoms with van der Waals surface area (Å²) in [6.45, 7) is 4.03. The lowest BCUT2D eigenvalue weighted by Gasteiger charge is -2.34. The second-order valence-corrected chi connectivity index (χ2v) is 6.28. The van der Waals surface area contributed by atoms with Gasteiger partial charge in [-0.2, -0.15) is 0 Å². The number of allylic oxidation sites excluding steroid dienone is 3. The number of ether oxygens (including phenoxy) is 1. The Bertz CT molecular complexity index is 758. The van der Waals surface area contributed by atoms with Crippen LogP contribution in [0.5, 0.6) is 5.75 Å². The smallest absolute Gasteiger partial charge is 0.336 e. The summed E-state index contributed by atoms with van der Waals surface area (Å²) in [6.07, 6.45) is 2.76. The molecule has 1 atom stereocenters. The van der Waals surface area contributed by atoms with Gasteiger partial charge in [-0.3, -0.25) is 4.79 Å². The highest BCUT2D eigenvalue weighted by Crippen LogP contribution is 2.43. The fourth-order valence-corrected chi connectivity index (χ4v) is 3.63. The Labute approximate surface area is 147 Å². The van der Waals surface area contributed by atoms with Gasteiger partial charge in [0.1, 0.15) is 5.75 Å². The van der Waals surface area contributed by atoms with Crippen LogP contribution < -0.4 is 5.32 Å². The van der Waals surface area contributed by atoms with E-state index < -0.39 is 11.9 Å². The van der Waals surface area contributed by atoms with E-state index in [4.69, 9.17) is 4.74 Å². The zero-order chi connectivity index (χ0) is 18.0. The van der Waals surface area contributed by atoms with Crippen LogP contribution in [-0.2, 0) is 14.3 Å². The molecule has 5 heteroatoms. The molecular weight excluding hydrogens is 318 g/mol. The quantitative estimate of drug-likeness (QED) is 0.822. The van der Waals surface area contributed by atoms with Gasteiger partial charge in [-0.25, -0.2) is 4.79 Å². The monoisotopic (exact) mass is 341 g/mol. The average molecular weight is 341 g/mol. The van der Waals surface area contributed by atoms with E-state index in [0.717, 1.165) is 29.8 Å². The van der Waals surface area contributed by atoms with E-state index in [0.29, 0.717) is 24.0 Å². The highest BCUT2D eigenvalue weighted by atomic mass is 16.5. The highest BCUT2D eigenvalue weighted by molar-refractivity contribution is 6.03. The number of Topliss-reactive ketones (excluding diaryl/α,β-unsaturated/α-hetero) is 1. The van der Waals surface area contributed by atoms with E-state index >= 15 is 0 Å². The van der Waals surface area contributed by atoms with Crippen molar-refractivity contribution in [2.24, 2.45) is 0 Å². The van der Waals surface area contributed by atoms with Crippen molar-refractivity contribution in [3.63, 3.8) is 0 Å². The summed E-state index contributed by atoms with van der Waals surface area (Å²) in [5, 5.41) is 12.9. The minimum atomic E-state index is -0.446. The van der Waals surface area contributed by atoms with E-state index in [1.165, 1.54) is 0 Å². The van der Waals surface area contributed by atoms with Gasteiger partial charge >= 0.3 is 5.97 Å². The molecule has 1 aliphatic heterocycles. The van der Waals surface area contributed by atoms with E-state index in [2.05, 4.69) is 5.32 Å².